The van der Waals surface area contributed by atoms with Crippen LogP contribution in [-0.2, 0) is 16.4 Å². The lowest BCUT2D eigenvalue weighted by Gasteiger charge is -2.15. The van der Waals surface area contributed by atoms with Gasteiger partial charge >= 0.3 is 0 Å². The van der Waals surface area contributed by atoms with E-state index < -0.39 is 15.9 Å². The zero-order valence-electron chi connectivity index (χ0n) is 17.7. The zero-order valence-corrected chi connectivity index (χ0v) is 20.8. The molecule has 0 radical (unpaired) electrons. The van der Waals surface area contributed by atoms with E-state index in [9.17, 15) is 13.5 Å². The highest BCUT2D eigenvalue weighted by Crippen LogP contribution is 2.37. The minimum absolute atomic E-state index is 0.0410. The minimum atomic E-state index is -3.88. The van der Waals surface area contributed by atoms with Crippen molar-refractivity contribution in [2.24, 2.45) is 5.92 Å². The van der Waals surface area contributed by atoms with Gasteiger partial charge in [-0.1, -0.05) is 30.1 Å². The summed E-state index contributed by atoms with van der Waals surface area (Å²) in [5.74, 6) is 1.12. The van der Waals surface area contributed by atoms with Crippen LogP contribution in [0.5, 0.6) is 11.5 Å². The molecule has 0 spiro atoms. The van der Waals surface area contributed by atoms with E-state index >= 15 is 0 Å². The molecule has 0 aliphatic heterocycles. The first-order valence-electron chi connectivity index (χ1n) is 10.00. The molecule has 1 N–H and O–H groups in total. The van der Waals surface area contributed by atoms with Gasteiger partial charge in [-0.2, -0.15) is 0 Å². The lowest BCUT2D eigenvalue weighted by atomic mass is 10.2. The number of hydrogen-bond acceptors (Lipinski definition) is 6. The fourth-order valence-electron chi connectivity index (χ4n) is 2.83. The summed E-state index contributed by atoms with van der Waals surface area (Å²) in [5.41, 5.74) is 0. The number of rotatable bonds is 11. The Bertz CT molecular complexity index is 1130. The average Bonchev–Trinajstić information content (AvgIpc) is 3.30. The van der Waals surface area contributed by atoms with Crippen LogP contribution in [0, 0.1) is 5.92 Å². The minimum Gasteiger partial charge on any atom is -0.491 e. The molecule has 178 valence electrons. The molecule has 0 bridgehead atoms. The molecule has 3 rings (SSSR count). The quantitative estimate of drug-likeness (QED) is 0.359. The van der Waals surface area contributed by atoms with Crippen molar-refractivity contribution in [1.29, 1.82) is 0 Å². The van der Waals surface area contributed by atoms with Crippen molar-refractivity contribution in [3.05, 3.63) is 65.2 Å². The first kappa shape index (κ1) is 25.6. The largest absolute Gasteiger partial charge is 0.491 e. The fourth-order valence-corrected chi connectivity index (χ4v) is 4.96. The summed E-state index contributed by atoms with van der Waals surface area (Å²) < 4.78 is 39.0. The number of ether oxygens (including phenoxy) is 2. The number of halogens is 3. The van der Waals surface area contributed by atoms with Gasteiger partial charge in [0.15, 0.2) is 5.75 Å². The van der Waals surface area contributed by atoms with Gasteiger partial charge in [0.25, 0.3) is 0 Å². The van der Waals surface area contributed by atoms with Gasteiger partial charge in [0, 0.05) is 24.2 Å². The lowest BCUT2D eigenvalue weighted by molar-refractivity contribution is 0.0924. The van der Waals surface area contributed by atoms with E-state index in [1.165, 1.54) is 36.4 Å². The van der Waals surface area contributed by atoms with Crippen LogP contribution in [0.4, 0.5) is 0 Å². The second-order valence-corrected chi connectivity index (χ2v) is 10.6. The van der Waals surface area contributed by atoms with Gasteiger partial charge in [-0.25, -0.2) is 13.4 Å². The number of hydrogen-bond donors (Lipinski definition) is 1. The van der Waals surface area contributed by atoms with Crippen LogP contribution < -0.4 is 9.47 Å². The number of alkyl halides is 1. The monoisotopic (exact) mass is 532 g/mol. The Kier molecular flexibility index (Phi) is 8.89. The van der Waals surface area contributed by atoms with Crippen LogP contribution in [0.1, 0.15) is 6.92 Å². The summed E-state index contributed by atoms with van der Waals surface area (Å²) in [4.78, 5) is 3.90. The van der Waals surface area contributed by atoms with E-state index in [-0.39, 0.29) is 38.1 Å². The molecule has 0 aliphatic rings. The summed E-state index contributed by atoms with van der Waals surface area (Å²) >= 11 is 18.3. The Morgan fingerprint density at radius 2 is 1.73 bits per heavy atom. The number of aromatic nitrogens is 2. The highest BCUT2D eigenvalue weighted by Gasteiger charge is 2.22. The van der Waals surface area contributed by atoms with Crippen molar-refractivity contribution in [2.45, 2.75) is 29.4 Å². The van der Waals surface area contributed by atoms with Crippen molar-refractivity contribution in [3.63, 3.8) is 0 Å². The molecule has 0 saturated carbocycles. The van der Waals surface area contributed by atoms with Crippen molar-refractivity contribution < 1.29 is 23.0 Å². The van der Waals surface area contributed by atoms with Crippen LogP contribution in [-0.4, -0.2) is 48.3 Å². The molecule has 2 atom stereocenters. The van der Waals surface area contributed by atoms with Gasteiger partial charge < -0.3 is 19.1 Å². The first-order valence-corrected chi connectivity index (χ1v) is 12.8. The maximum Gasteiger partial charge on any atom is 0.206 e. The van der Waals surface area contributed by atoms with Crippen LogP contribution in [0.2, 0.25) is 10.0 Å². The second-order valence-electron chi connectivity index (χ2n) is 7.49. The van der Waals surface area contributed by atoms with E-state index in [4.69, 9.17) is 44.3 Å². The molecule has 0 amide bonds. The maximum atomic E-state index is 13.1. The molecule has 7 nitrogen and oxygen atoms in total. The van der Waals surface area contributed by atoms with Gasteiger partial charge in [-0.3, -0.25) is 0 Å². The Hall–Kier alpha value is -1.97. The Labute approximate surface area is 207 Å². The predicted molar refractivity (Wildman–Crippen MR) is 127 cm³/mol. The molecule has 33 heavy (non-hydrogen) atoms. The third-order valence-electron chi connectivity index (χ3n) is 4.61. The highest BCUT2D eigenvalue weighted by molar-refractivity contribution is 7.91. The Morgan fingerprint density at radius 3 is 2.30 bits per heavy atom. The van der Waals surface area contributed by atoms with Crippen molar-refractivity contribution >= 4 is 44.6 Å². The van der Waals surface area contributed by atoms with Crippen molar-refractivity contribution in [2.75, 3.05) is 19.1 Å². The summed E-state index contributed by atoms with van der Waals surface area (Å²) in [6.07, 6.45) is 4.21. The molecule has 1 aromatic heterocycles. The lowest BCUT2D eigenvalue weighted by Crippen LogP contribution is -2.23. The highest BCUT2D eigenvalue weighted by atomic mass is 35.5. The standard InChI is InChI=1S/C22H23Cl3N2O5S/c1-15(10-23)12-32-22-20(24)8-19(9-21(22)25)33(29,30)18-4-2-17(3-5-18)31-13-16(28)11-27-7-6-26-14-27/h2-9,14-16,28H,10-13H2,1H3/t15-,16+/m0/s1. The molecular weight excluding hydrogens is 511 g/mol. The van der Waals surface area contributed by atoms with Crippen molar-refractivity contribution in [1.82, 2.24) is 9.55 Å². The molecule has 0 saturated heterocycles. The van der Waals surface area contributed by atoms with Crippen molar-refractivity contribution in [3.8, 4) is 11.5 Å². The van der Waals surface area contributed by atoms with E-state index in [2.05, 4.69) is 4.98 Å². The first-order chi connectivity index (χ1) is 15.7. The predicted octanol–water partition coefficient (Wildman–Crippen LogP) is 4.72. The summed E-state index contributed by atoms with van der Waals surface area (Å²) in [6.45, 7) is 2.58. The summed E-state index contributed by atoms with van der Waals surface area (Å²) in [5, 5.41) is 10.2. The van der Waals surface area contributed by atoms with Crippen LogP contribution in [0.15, 0.2) is 64.9 Å². The molecule has 11 heteroatoms. The number of aliphatic hydroxyl groups is 1. The zero-order chi connectivity index (χ0) is 24.0. The van der Waals surface area contributed by atoms with Crippen LogP contribution >= 0.6 is 34.8 Å². The Balaban J connectivity index is 1.68. The summed E-state index contributed by atoms with van der Waals surface area (Å²) in [7, 11) is -3.88. The molecule has 1 heterocycles. The average molecular weight is 534 g/mol. The van der Waals surface area contributed by atoms with E-state index in [1.54, 1.807) is 23.3 Å². The van der Waals surface area contributed by atoms with E-state index in [1.807, 2.05) is 6.92 Å². The number of nitrogens with zero attached hydrogens (tertiary/aromatic N) is 2. The van der Waals surface area contributed by atoms with Gasteiger partial charge in [0.2, 0.25) is 9.84 Å². The SMILES string of the molecule is C[C@@H](CCl)COc1c(Cl)cc(S(=O)(=O)c2ccc(OC[C@H](O)Cn3ccnc3)cc2)cc1Cl. The van der Waals surface area contributed by atoms with Gasteiger partial charge in [0.1, 0.15) is 18.5 Å². The normalized spacial score (nSPS) is 13.5. The summed E-state index contributed by atoms with van der Waals surface area (Å²) in [6, 6.07) is 8.49. The molecule has 0 unspecified atom stereocenters. The topological polar surface area (TPSA) is 90.7 Å². The third-order valence-corrected chi connectivity index (χ3v) is 7.45. The molecule has 2 aromatic carbocycles. The number of sulfone groups is 1. The molecule has 0 fully saturated rings. The van der Waals surface area contributed by atoms with E-state index in [0.717, 1.165) is 0 Å². The third kappa shape index (κ3) is 6.77. The van der Waals surface area contributed by atoms with Crippen LogP contribution in [0.25, 0.3) is 0 Å². The van der Waals surface area contributed by atoms with Gasteiger partial charge in [0.05, 0.1) is 39.3 Å². The van der Waals surface area contributed by atoms with Crippen LogP contribution in [0.3, 0.4) is 0 Å². The van der Waals surface area contributed by atoms with Gasteiger partial charge in [-0.05, 0) is 36.4 Å². The second kappa shape index (κ2) is 11.4. The maximum absolute atomic E-state index is 13.1. The Morgan fingerprint density at radius 1 is 1.06 bits per heavy atom. The fraction of sp³-hybridized carbons (Fsp3) is 0.318. The number of aliphatic hydroxyl groups excluding tert-OH is 1. The smallest absolute Gasteiger partial charge is 0.206 e. The molecule has 0 aliphatic carbocycles. The van der Waals surface area contributed by atoms with Gasteiger partial charge in [-0.15, -0.1) is 11.6 Å². The number of imidazole rings is 1. The molecular formula is C22H23Cl3N2O5S. The number of benzene rings is 2. The molecule has 3 aromatic rings. The van der Waals surface area contributed by atoms with E-state index in [0.29, 0.717) is 24.8 Å².